The standard InChI is InChI=1S/C24H28N2O5/c1-16(27)25-19-12-8-11-18(13-19)14-20-21(28)31-22(24(2,3)4)26(20)23(29)30-15-17-9-6-5-7-10-17/h5-13,20,22H,14-15H2,1-4H3,(H,25,27)/t20-,22-/m0/s1. The molecule has 1 saturated heterocycles. The number of ether oxygens (including phenoxy) is 2. The topological polar surface area (TPSA) is 84.9 Å². The van der Waals surface area contributed by atoms with Gasteiger partial charge < -0.3 is 14.8 Å². The molecular weight excluding hydrogens is 396 g/mol. The van der Waals surface area contributed by atoms with Gasteiger partial charge >= 0.3 is 12.1 Å². The molecule has 0 aromatic heterocycles. The maximum atomic E-state index is 13.0. The highest BCUT2D eigenvalue weighted by molar-refractivity contribution is 5.89. The summed E-state index contributed by atoms with van der Waals surface area (Å²) in [5.74, 6) is -0.655. The van der Waals surface area contributed by atoms with E-state index in [9.17, 15) is 14.4 Å². The van der Waals surface area contributed by atoms with Gasteiger partial charge in [0.2, 0.25) is 5.91 Å². The number of carbonyl (C=O) groups excluding carboxylic acids is 3. The fourth-order valence-electron chi connectivity index (χ4n) is 3.52. The van der Waals surface area contributed by atoms with Crippen LogP contribution < -0.4 is 5.32 Å². The number of carbonyl (C=O) groups is 3. The number of hydrogen-bond donors (Lipinski definition) is 1. The molecule has 2 atom stereocenters. The van der Waals surface area contributed by atoms with Crippen molar-refractivity contribution < 1.29 is 23.9 Å². The molecule has 164 valence electrons. The van der Waals surface area contributed by atoms with Crippen LogP contribution in [0, 0.1) is 5.41 Å². The number of amides is 2. The van der Waals surface area contributed by atoms with E-state index in [1.807, 2.05) is 57.2 Å². The van der Waals surface area contributed by atoms with Crippen molar-refractivity contribution in [1.29, 1.82) is 0 Å². The predicted octanol–water partition coefficient (Wildman–Crippen LogP) is 4.12. The van der Waals surface area contributed by atoms with Gasteiger partial charge in [-0.15, -0.1) is 0 Å². The Morgan fingerprint density at radius 2 is 1.74 bits per heavy atom. The summed E-state index contributed by atoms with van der Waals surface area (Å²) in [4.78, 5) is 38.5. The maximum Gasteiger partial charge on any atom is 0.413 e. The second-order valence-corrected chi connectivity index (χ2v) is 8.70. The van der Waals surface area contributed by atoms with E-state index in [4.69, 9.17) is 9.47 Å². The molecule has 3 rings (SSSR count). The molecule has 0 bridgehead atoms. The summed E-state index contributed by atoms with van der Waals surface area (Å²) in [6, 6.07) is 15.7. The van der Waals surface area contributed by atoms with Crippen LogP contribution in [0.15, 0.2) is 54.6 Å². The number of esters is 1. The van der Waals surface area contributed by atoms with E-state index in [2.05, 4.69) is 5.32 Å². The van der Waals surface area contributed by atoms with Crippen molar-refractivity contribution in [3.63, 3.8) is 0 Å². The minimum Gasteiger partial charge on any atom is -0.444 e. The van der Waals surface area contributed by atoms with E-state index >= 15 is 0 Å². The van der Waals surface area contributed by atoms with Crippen LogP contribution in [0.1, 0.15) is 38.8 Å². The van der Waals surface area contributed by atoms with Gasteiger partial charge in [-0.3, -0.25) is 9.69 Å². The first kappa shape index (κ1) is 22.3. The fraction of sp³-hybridized carbons (Fsp3) is 0.375. The molecule has 31 heavy (non-hydrogen) atoms. The summed E-state index contributed by atoms with van der Waals surface area (Å²) in [6.07, 6.45) is -1.09. The first-order chi connectivity index (χ1) is 14.6. The normalized spacial score (nSPS) is 18.5. The third kappa shape index (κ3) is 5.63. The maximum absolute atomic E-state index is 13.0. The average Bonchev–Trinajstić information content (AvgIpc) is 3.03. The Morgan fingerprint density at radius 3 is 2.39 bits per heavy atom. The van der Waals surface area contributed by atoms with E-state index < -0.39 is 29.7 Å². The van der Waals surface area contributed by atoms with Crippen LogP contribution in [0.2, 0.25) is 0 Å². The molecule has 0 aliphatic carbocycles. The van der Waals surface area contributed by atoms with Crippen LogP contribution in [0.5, 0.6) is 0 Å². The smallest absolute Gasteiger partial charge is 0.413 e. The monoisotopic (exact) mass is 424 g/mol. The largest absolute Gasteiger partial charge is 0.444 e. The first-order valence-corrected chi connectivity index (χ1v) is 10.2. The summed E-state index contributed by atoms with van der Waals surface area (Å²) < 4.78 is 11.1. The number of rotatable bonds is 5. The van der Waals surface area contributed by atoms with Gasteiger partial charge in [0.25, 0.3) is 0 Å². The highest BCUT2D eigenvalue weighted by Gasteiger charge is 2.50. The van der Waals surface area contributed by atoms with Gasteiger partial charge in [-0.25, -0.2) is 9.59 Å². The minimum atomic E-state index is -0.819. The van der Waals surface area contributed by atoms with Crippen LogP contribution in [-0.2, 0) is 32.1 Å². The molecule has 1 N–H and O–H groups in total. The number of nitrogens with zero attached hydrogens (tertiary/aromatic N) is 1. The number of cyclic esters (lactones) is 1. The molecule has 1 heterocycles. The van der Waals surface area contributed by atoms with E-state index in [0.717, 1.165) is 11.1 Å². The Morgan fingerprint density at radius 1 is 1.06 bits per heavy atom. The van der Waals surface area contributed by atoms with Gasteiger partial charge in [-0.05, 0) is 23.3 Å². The lowest BCUT2D eigenvalue weighted by Crippen LogP contribution is -2.48. The Labute approximate surface area is 182 Å². The third-order valence-electron chi connectivity index (χ3n) is 4.92. The first-order valence-electron chi connectivity index (χ1n) is 10.2. The zero-order valence-corrected chi connectivity index (χ0v) is 18.3. The van der Waals surface area contributed by atoms with Gasteiger partial charge in [0.05, 0.1) is 0 Å². The molecule has 1 fully saturated rings. The second-order valence-electron chi connectivity index (χ2n) is 8.70. The van der Waals surface area contributed by atoms with E-state index in [-0.39, 0.29) is 18.9 Å². The number of anilines is 1. The fourth-order valence-corrected chi connectivity index (χ4v) is 3.52. The van der Waals surface area contributed by atoms with Crippen molar-refractivity contribution >= 4 is 23.7 Å². The number of benzene rings is 2. The molecule has 7 heteroatoms. The molecule has 0 saturated carbocycles. The van der Waals surface area contributed by atoms with Crippen LogP contribution in [0.4, 0.5) is 10.5 Å². The molecule has 0 radical (unpaired) electrons. The van der Waals surface area contributed by atoms with Crippen molar-refractivity contribution in [2.75, 3.05) is 5.32 Å². The van der Waals surface area contributed by atoms with Gasteiger partial charge in [0.15, 0.2) is 6.23 Å². The number of hydrogen-bond acceptors (Lipinski definition) is 5. The lowest BCUT2D eigenvalue weighted by atomic mass is 9.93. The Hall–Kier alpha value is -3.35. The van der Waals surface area contributed by atoms with E-state index in [1.165, 1.54) is 11.8 Å². The van der Waals surface area contributed by atoms with E-state index in [0.29, 0.717) is 5.69 Å². The lowest BCUT2D eigenvalue weighted by molar-refractivity contribution is -0.147. The summed E-state index contributed by atoms with van der Waals surface area (Å²) in [5.41, 5.74) is 1.79. The Bertz CT molecular complexity index is 952. The SMILES string of the molecule is CC(=O)Nc1cccc(C[C@H]2C(=O)O[C@@H](C(C)(C)C)N2C(=O)OCc2ccccc2)c1. The number of nitrogens with one attached hydrogen (secondary N) is 1. The van der Waals surface area contributed by atoms with Crippen molar-refractivity contribution in [3.8, 4) is 0 Å². The third-order valence-corrected chi connectivity index (χ3v) is 4.92. The predicted molar refractivity (Wildman–Crippen MR) is 116 cm³/mol. The quantitative estimate of drug-likeness (QED) is 0.730. The van der Waals surface area contributed by atoms with E-state index in [1.54, 1.807) is 18.2 Å². The van der Waals surface area contributed by atoms with Crippen LogP contribution >= 0.6 is 0 Å². The zero-order valence-electron chi connectivity index (χ0n) is 18.3. The van der Waals surface area contributed by atoms with Gasteiger partial charge in [-0.2, -0.15) is 0 Å². The molecular formula is C24H28N2O5. The molecule has 2 amide bonds. The molecule has 1 aliphatic rings. The van der Waals surface area contributed by atoms with Crippen molar-refractivity contribution in [3.05, 3.63) is 65.7 Å². The van der Waals surface area contributed by atoms with Crippen molar-refractivity contribution in [2.45, 2.75) is 53.0 Å². The molecule has 1 aliphatic heterocycles. The second kappa shape index (κ2) is 9.20. The highest BCUT2D eigenvalue weighted by atomic mass is 16.6. The Kier molecular flexibility index (Phi) is 6.63. The summed E-state index contributed by atoms with van der Waals surface area (Å²) in [5, 5.41) is 2.73. The minimum absolute atomic E-state index is 0.103. The van der Waals surface area contributed by atoms with Crippen molar-refractivity contribution in [2.24, 2.45) is 5.41 Å². The summed E-state index contributed by atoms with van der Waals surface area (Å²) in [6.45, 7) is 7.25. The van der Waals surface area contributed by atoms with Crippen molar-refractivity contribution in [1.82, 2.24) is 4.90 Å². The van der Waals surface area contributed by atoms with Gasteiger partial charge in [0, 0.05) is 24.4 Å². The molecule has 0 spiro atoms. The lowest BCUT2D eigenvalue weighted by Gasteiger charge is -2.33. The van der Waals surface area contributed by atoms with Crippen LogP contribution in [0.3, 0.4) is 0 Å². The molecule has 2 aromatic rings. The van der Waals surface area contributed by atoms with Gasteiger partial charge in [0.1, 0.15) is 12.6 Å². The summed E-state index contributed by atoms with van der Waals surface area (Å²) in [7, 11) is 0. The van der Waals surface area contributed by atoms with Crippen LogP contribution in [0.25, 0.3) is 0 Å². The molecule has 2 aromatic carbocycles. The summed E-state index contributed by atoms with van der Waals surface area (Å²) >= 11 is 0. The highest BCUT2D eigenvalue weighted by Crippen LogP contribution is 2.34. The van der Waals surface area contributed by atoms with Gasteiger partial charge in [-0.1, -0.05) is 63.2 Å². The zero-order chi connectivity index (χ0) is 22.6. The average molecular weight is 424 g/mol. The molecule has 0 unspecified atom stereocenters. The molecule has 7 nitrogen and oxygen atoms in total. The Balaban J connectivity index is 1.82. The van der Waals surface area contributed by atoms with Crippen LogP contribution in [-0.4, -0.2) is 35.1 Å².